The van der Waals surface area contributed by atoms with Crippen molar-refractivity contribution in [3.05, 3.63) is 23.1 Å². The number of carbonyl (C=O) groups is 1. The highest BCUT2D eigenvalue weighted by molar-refractivity contribution is 6.30. The fraction of sp³-hybridized carbons (Fsp3) is 0.400. The van der Waals surface area contributed by atoms with Crippen LogP contribution < -0.4 is 10.6 Å². The number of nitrogens with one attached hydrogen (secondary N) is 2. The maximum atomic E-state index is 13.2. The summed E-state index contributed by atoms with van der Waals surface area (Å²) in [5, 5.41) is 5.47. The summed E-state index contributed by atoms with van der Waals surface area (Å²) >= 11 is 5.54. The van der Waals surface area contributed by atoms with E-state index in [1.165, 1.54) is 6.20 Å². The predicted molar refractivity (Wildman–Crippen MR) is 61.0 cm³/mol. The topological polar surface area (TPSA) is 54.0 Å². The molecule has 1 rings (SSSR count). The van der Waals surface area contributed by atoms with Gasteiger partial charge in [0.05, 0.1) is 11.6 Å². The molecule has 0 saturated carbocycles. The van der Waals surface area contributed by atoms with Crippen molar-refractivity contribution in [2.45, 2.75) is 13.3 Å². The summed E-state index contributed by atoms with van der Waals surface area (Å²) in [4.78, 5) is 14.9. The Morgan fingerprint density at radius 3 is 3.00 bits per heavy atom. The van der Waals surface area contributed by atoms with E-state index in [-0.39, 0.29) is 23.3 Å². The maximum absolute atomic E-state index is 13.2. The van der Waals surface area contributed by atoms with Gasteiger partial charge >= 0.3 is 0 Å². The molecule has 0 aliphatic heterocycles. The van der Waals surface area contributed by atoms with Crippen LogP contribution in [0.5, 0.6) is 0 Å². The molecule has 0 bridgehead atoms. The molecule has 1 aromatic rings. The van der Waals surface area contributed by atoms with E-state index in [0.717, 1.165) is 12.5 Å². The number of aromatic nitrogens is 1. The van der Waals surface area contributed by atoms with Gasteiger partial charge in [-0.25, -0.2) is 9.37 Å². The molecule has 0 aliphatic rings. The summed E-state index contributed by atoms with van der Waals surface area (Å²) in [6.07, 6.45) is 2.18. The first kappa shape index (κ1) is 12.7. The summed E-state index contributed by atoms with van der Waals surface area (Å²) in [7, 11) is 0. The third kappa shape index (κ3) is 4.02. The van der Waals surface area contributed by atoms with Gasteiger partial charge in [0.2, 0.25) is 5.91 Å². The molecule has 0 aliphatic carbocycles. The average Bonchev–Trinajstić information content (AvgIpc) is 2.25. The molecule has 0 spiro atoms. The number of hydrogen-bond donors (Lipinski definition) is 2. The van der Waals surface area contributed by atoms with Crippen molar-refractivity contribution in [3.63, 3.8) is 0 Å². The van der Waals surface area contributed by atoms with Crippen molar-refractivity contribution < 1.29 is 9.18 Å². The Morgan fingerprint density at radius 1 is 1.62 bits per heavy atom. The number of amides is 1. The van der Waals surface area contributed by atoms with E-state index < -0.39 is 5.82 Å². The van der Waals surface area contributed by atoms with E-state index in [4.69, 9.17) is 11.6 Å². The van der Waals surface area contributed by atoms with E-state index in [0.29, 0.717) is 6.54 Å². The zero-order valence-electron chi connectivity index (χ0n) is 8.89. The Bertz CT molecular complexity index is 373. The third-order valence-electron chi connectivity index (χ3n) is 1.80. The minimum absolute atomic E-state index is 0.00838. The zero-order chi connectivity index (χ0) is 12.0. The Labute approximate surface area is 98.2 Å². The molecule has 0 unspecified atom stereocenters. The highest BCUT2D eigenvalue weighted by Gasteiger charge is 2.06. The highest BCUT2D eigenvalue weighted by Crippen LogP contribution is 2.14. The van der Waals surface area contributed by atoms with Crippen molar-refractivity contribution >= 4 is 23.3 Å². The number of carbonyl (C=O) groups excluding carboxylic acids is 1. The van der Waals surface area contributed by atoms with E-state index in [9.17, 15) is 9.18 Å². The largest absolute Gasteiger partial charge is 0.359 e. The van der Waals surface area contributed by atoms with Gasteiger partial charge in [0.25, 0.3) is 0 Å². The normalized spacial score (nSPS) is 9.94. The van der Waals surface area contributed by atoms with Crippen LogP contribution >= 0.6 is 11.6 Å². The number of anilines is 1. The van der Waals surface area contributed by atoms with Crippen LogP contribution in [0.25, 0.3) is 0 Å². The van der Waals surface area contributed by atoms with E-state index in [2.05, 4.69) is 15.6 Å². The molecule has 0 atom stereocenters. The van der Waals surface area contributed by atoms with Crippen LogP contribution in [-0.2, 0) is 4.79 Å². The number of pyridine rings is 1. The molecule has 88 valence electrons. The van der Waals surface area contributed by atoms with E-state index in [1.807, 2.05) is 6.92 Å². The Kier molecular flexibility index (Phi) is 4.98. The van der Waals surface area contributed by atoms with Gasteiger partial charge in [-0.15, -0.1) is 0 Å². The van der Waals surface area contributed by atoms with Gasteiger partial charge in [0.1, 0.15) is 0 Å². The number of halogens is 2. The first-order valence-electron chi connectivity index (χ1n) is 4.95. The molecule has 1 aromatic heterocycles. The minimum atomic E-state index is -0.573. The molecule has 0 fully saturated rings. The van der Waals surface area contributed by atoms with E-state index in [1.54, 1.807) is 0 Å². The van der Waals surface area contributed by atoms with Crippen LogP contribution in [0.2, 0.25) is 5.02 Å². The standard InChI is InChI=1S/C10H13ClFN3O/c1-2-3-13-9(16)6-15-10-8(12)4-7(11)5-14-10/h4-5H,2-3,6H2,1H3,(H,13,16)(H,14,15). The van der Waals surface area contributed by atoms with Crippen LogP contribution in [0.1, 0.15) is 13.3 Å². The second-order valence-corrected chi connectivity index (χ2v) is 3.62. The van der Waals surface area contributed by atoms with Gasteiger partial charge in [-0.05, 0) is 12.5 Å². The minimum Gasteiger partial charge on any atom is -0.359 e. The molecule has 6 heteroatoms. The predicted octanol–water partition coefficient (Wildman–Crippen LogP) is 1.81. The van der Waals surface area contributed by atoms with Gasteiger partial charge < -0.3 is 10.6 Å². The Hall–Kier alpha value is -1.36. The molecular formula is C10H13ClFN3O. The number of rotatable bonds is 5. The van der Waals surface area contributed by atoms with Crippen LogP contribution in [0.15, 0.2) is 12.3 Å². The van der Waals surface area contributed by atoms with Gasteiger partial charge in [-0.2, -0.15) is 0 Å². The molecular weight excluding hydrogens is 233 g/mol. The molecule has 0 aromatic carbocycles. The molecule has 1 heterocycles. The summed E-state index contributed by atoms with van der Waals surface area (Å²) < 4.78 is 13.2. The van der Waals surface area contributed by atoms with Crippen LogP contribution in [0.3, 0.4) is 0 Å². The maximum Gasteiger partial charge on any atom is 0.239 e. The lowest BCUT2D eigenvalue weighted by atomic mass is 10.4. The lowest BCUT2D eigenvalue weighted by Gasteiger charge is -2.06. The summed E-state index contributed by atoms with van der Waals surface area (Å²) in [6, 6.07) is 1.14. The first-order valence-corrected chi connectivity index (χ1v) is 5.33. The Balaban J connectivity index is 2.45. The lowest BCUT2D eigenvalue weighted by molar-refractivity contribution is -0.119. The van der Waals surface area contributed by atoms with Crippen molar-refractivity contribution in [1.82, 2.24) is 10.3 Å². The monoisotopic (exact) mass is 245 g/mol. The third-order valence-corrected chi connectivity index (χ3v) is 2.00. The van der Waals surface area contributed by atoms with Gasteiger partial charge in [0.15, 0.2) is 11.6 Å². The van der Waals surface area contributed by atoms with Crippen LogP contribution in [0.4, 0.5) is 10.2 Å². The van der Waals surface area contributed by atoms with Crippen molar-refractivity contribution in [2.24, 2.45) is 0 Å². The molecule has 1 amide bonds. The quantitative estimate of drug-likeness (QED) is 0.832. The fourth-order valence-electron chi connectivity index (χ4n) is 1.04. The van der Waals surface area contributed by atoms with Crippen LogP contribution in [0, 0.1) is 5.82 Å². The van der Waals surface area contributed by atoms with Crippen molar-refractivity contribution in [2.75, 3.05) is 18.4 Å². The number of nitrogens with zero attached hydrogens (tertiary/aromatic N) is 1. The molecule has 0 radical (unpaired) electrons. The second-order valence-electron chi connectivity index (χ2n) is 3.19. The summed E-state index contributed by atoms with van der Waals surface area (Å²) in [5.41, 5.74) is 0. The molecule has 4 nitrogen and oxygen atoms in total. The molecule has 16 heavy (non-hydrogen) atoms. The summed E-state index contributed by atoms with van der Waals surface area (Å²) in [6.45, 7) is 2.55. The average molecular weight is 246 g/mol. The van der Waals surface area contributed by atoms with E-state index >= 15 is 0 Å². The summed E-state index contributed by atoms with van der Waals surface area (Å²) in [5.74, 6) is -0.746. The number of hydrogen-bond acceptors (Lipinski definition) is 3. The zero-order valence-corrected chi connectivity index (χ0v) is 9.64. The lowest BCUT2D eigenvalue weighted by Crippen LogP contribution is -2.30. The van der Waals surface area contributed by atoms with Crippen molar-refractivity contribution in [1.29, 1.82) is 0 Å². The van der Waals surface area contributed by atoms with Crippen molar-refractivity contribution in [3.8, 4) is 0 Å². The fourth-order valence-corrected chi connectivity index (χ4v) is 1.18. The van der Waals surface area contributed by atoms with Gasteiger partial charge in [-0.3, -0.25) is 4.79 Å². The smallest absolute Gasteiger partial charge is 0.239 e. The van der Waals surface area contributed by atoms with Crippen LogP contribution in [-0.4, -0.2) is 24.0 Å². The molecule has 0 saturated heterocycles. The Morgan fingerprint density at radius 2 is 2.38 bits per heavy atom. The second kappa shape index (κ2) is 6.27. The molecule has 2 N–H and O–H groups in total. The van der Waals surface area contributed by atoms with Gasteiger partial charge in [0, 0.05) is 12.7 Å². The first-order chi connectivity index (χ1) is 7.63. The van der Waals surface area contributed by atoms with Gasteiger partial charge in [-0.1, -0.05) is 18.5 Å². The highest BCUT2D eigenvalue weighted by atomic mass is 35.5. The SMILES string of the molecule is CCCNC(=O)CNc1ncc(Cl)cc1F.